The summed E-state index contributed by atoms with van der Waals surface area (Å²) < 4.78 is 29.8. The van der Waals surface area contributed by atoms with Crippen LogP contribution in [0.15, 0.2) is 60.8 Å². The number of nitrogens with zero attached hydrogens (tertiary/aromatic N) is 1. The first-order valence-corrected chi connectivity index (χ1v) is 14.2. The number of nitrogen functional groups attached to an aromatic ring is 1. The standard InChI is InChI=1S/C26H26ClN3O3S2/c1-15(31)11-16-9-10-29-23(12-16)20-4-2-3-17-13-24(34-26(17)20)25(30-35(32,33)19-6-7-19)21-14-18(28)5-8-22(21)27/h2-5,8-10,12-15,19,25,30-31H,6-7,11,28H2,1H3. The van der Waals surface area contributed by atoms with Gasteiger partial charge in [0.25, 0.3) is 0 Å². The smallest absolute Gasteiger partial charge is 0.215 e. The van der Waals surface area contributed by atoms with E-state index in [1.54, 1.807) is 31.3 Å². The van der Waals surface area contributed by atoms with Crippen LogP contribution in [0.2, 0.25) is 5.02 Å². The minimum absolute atomic E-state index is 0.365. The van der Waals surface area contributed by atoms with Gasteiger partial charge in [-0.2, -0.15) is 0 Å². The highest BCUT2D eigenvalue weighted by molar-refractivity contribution is 7.90. The summed E-state index contributed by atoms with van der Waals surface area (Å²) in [7, 11) is -3.51. The maximum atomic E-state index is 13.0. The van der Waals surface area contributed by atoms with Gasteiger partial charge in [0, 0.05) is 32.0 Å². The van der Waals surface area contributed by atoms with Gasteiger partial charge in [0.2, 0.25) is 10.0 Å². The topological polar surface area (TPSA) is 105 Å². The number of rotatable bonds is 8. The van der Waals surface area contributed by atoms with E-state index < -0.39 is 22.2 Å². The number of sulfonamides is 1. The summed E-state index contributed by atoms with van der Waals surface area (Å²) in [5.74, 6) is 0. The number of benzene rings is 2. The summed E-state index contributed by atoms with van der Waals surface area (Å²) in [6.07, 6.45) is 3.17. The summed E-state index contributed by atoms with van der Waals surface area (Å²) in [5.41, 5.74) is 9.94. The average Bonchev–Trinajstić information content (AvgIpc) is 3.59. The fourth-order valence-corrected chi connectivity index (χ4v) is 7.30. The van der Waals surface area contributed by atoms with E-state index in [1.807, 2.05) is 36.4 Å². The van der Waals surface area contributed by atoms with Crippen molar-refractivity contribution in [1.82, 2.24) is 9.71 Å². The van der Waals surface area contributed by atoms with Crippen LogP contribution >= 0.6 is 22.9 Å². The van der Waals surface area contributed by atoms with Crippen molar-refractivity contribution in [2.75, 3.05) is 5.73 Å². The van der Waals surface area contributed by atoms with Gasteiger partial charge in [-0.25, -0.2) is 13.1 Å². The number of pyridine rings is 1. The van der Waals surface area contributed by atoms with Gasteiger partial charge in [-0.05, 0) is 79.1 Å². The van der Waals surface area contributed by atoms with Crippen molar-refractivity contribution >= 4 is 48.7 Å². The Hall–Kier alpha value is -2.49. The zero-order valence-electron chi connectivity index (χ0n) is 19.1. The Morgan fingerprint density at radius 2 is 2.00 bits per heavy atom. The molecule has 2 aromatic heterocycles. The lowest BCUT2D eigenvalue weighted by atomic mass is 10.0. The molecule has 0 aliphatic heterocycles. The molecule has 0 bridgehead atoms. The Balaban J connectivity index is 1.62. The van der Waals surface area contributed by atoms with E-state index in [4.69, 9.17) is 17.3 Å². The van der Waals surface area contributed by atoms with Gasteiger partial charge < -0.3 is 10.8 Å². The quantitative estimate of drug-likeness (QED) is 0.270. The second-order valence-corrected chi connectivity index (χ2v) is 12.5. The summed E-state index contributed by atoms with van der Waals surface area (Å²) in [6, 6.07) is 16.3. The molecule has 35 heavy (non-hydrogen) atoms. The number of aliphatic hydroxyl groups is 1. The molecule has 1 aliphatic rings. The molecule has 0 saturated heterocycles. The van der Waals surface area contributed by atoms with Crippen molar-refractivity contribution in [3.8, 4) is 11.3 Å². The Morgan fingerprint density at radius 3 is 2.74 bits per heavy atom. The molecule has 182 valence electrons. The van der Waals surface area contributed by atoms with E-state index in [2.05, 4.69) is 9.71 Å². The van der Waals surface area contributed by atoms with Crippen molar-refractivity contribution < 1.29 is 13.5 Å². The first-order chi connectivity index (χ1) is 16.7. The van der Waals surface area contributed by atoms with Crippen LogP contribution in [0.5, 0.6) is 0 Å². The molecule has 0 amide bonds. The van der Waals surface area contributed by atoms with Gasteiger partial charge in [-0.3, -0.25) is 4.98 Å². The first-order valence-electron chi connectivity index (χ1n) is 11.4. The van der Waals surface area contributed by atoms with Gasteiger partial charge in [0.15, 0.2) is 0 Å². The molecule has 1 fully saturated rings. The Bertz CT molecular complexity index is 1500. The number of anilines is 1. The molecule has 2 aromatic carbocycles. The van der Waals surface area contributed by atoms with E-state index in [0.717, 1.165) is 31.8 Å². The lowest BCUT2D eigenvalue weighted by molar-refractivity contribution is 0.195. The third-order valence-corrected chi connectivity index (χ3v) is 9.56. The van der Waals surface area contributed by atoms with E-state index in [-0.39, 0.29) is 5.25 Å². The average molecular weight is 528 g/mol. The Kier molecular flexibility index (Phi) is 6.59. The van der Waals surface area contributed by atoms with Crippen LogP contribution in [0.25, 0.3) is 21.3 Å². The number of nitrogens with two attached hydrogens (primary N) is 1. The molecular weight excluding hydrogens is 502 g/mol. The molecule has 1 aliphatic carbocycles. The van der Waals surface area contributed by atoms with E-state index >= 15 is 0 Å². The number of aromatic nitrogens is 1. The Morgan fingerprint density at radius 1 is 1.20 bits per heavy atom. The second kappa shape index (κ2) is 9.52. The monoisotopic (exact) mass is 527 g/mol. The van der Waals surface area contributed by atoms with Crippen molar-refractivity contribution in [3.05, 3.63) is 81.8 Å². The fraction of sp³-hybridized carbons (Fsp3) is 0.269. The van der Waals surface area contributed by atoms with Crippen LogP contribution < -0.4 is 10.5 Å². The molecule has 0 spiro atoms. The summed E-state index contributed by atoms with van der Waals surface area (Å²) in [4.78, 5) is 5.40. The minimum atomic E-state index is -3.51. The van der Waals surface area contributed by atoms with Crippen LogP contribution in [0.4, 0.5) is 5.69 Å². The maximum Gasteiger partial charge on any atom is 0.215 e. The number of hydrogen-bond donors (Lipinski definition) is 3. The molecule has 1 saturated carbocycles. The highest BCUT2D eigenvalue weighted by Crippen LogP contribution is 2.41. The highest BCUT2D eigenvalue weighted by Gasteiger charge is 2.38. The Labute approximate surface area is 213 Å². The fourth-order valence-electron chi connectivity index (χ4n) is 4.21. The van der Waals surface area contributed by atoms with E-state index in [0.29, 0.717) is 35.5 Å². The SMILES string of the molecule is CC(O)Cc1ccnc(-c2cccc3cc(C(NS(=O)(=O)C4CC4)c4cc(N)ccc4Cl)sc23)c1. The molecule has 4 aromatic rings. The number of hydrogen-bond acceptors (Lipinski definition) is 6. The number of halogens is 1. The molecule has 2 atom stereocenters. The predicted molar refractivity (Wildman–Crippen MR) is 143 cm³/mol. The van der Waals surface area contributed by atoms with Crippen LogP contribution in [-0.2, 0) is 16.4 Å². The molecule has 5 rings (SSSR count). The van der Waals surface area contributed by atoms with Crippen molar-refractivity contribution in [3.63, 3.8) is 0 Å². The maximum absolute atomic E-state index is 13.0. The van der Waals surface area contributed by atoms with Crippen LogP contribution in [0.1, 0.15) is 41.8 Å². The lowest BCUT2D eigenvalue weighted by Gasteiger charge is -2.19. The first kappa shape index (κ1) is 24.2. The summed E-state index contributed by atoms with van der Waals surface area (Å²) in [6.45, 7) is 1.76. The largest absolute Gasteiger partial charge is 0.399 e. The van der Waals surface area contributed by atoms with Gasteiger partial charge in [-0.15, -0.1) is 11.3 Å². The van der Waals surface area contributed by atoms with Crippen LogP contribution in [0.3, 0.4) is 0 Å². The van der Waals surface area contributed by atoms with Crippen molar-refractivity contribution in [2.24, 2.45) is 0 Å². The van der Waals surface area contributed by atoms with E-state index in [1.165, 1.54) is 11.3 Å². The number of aliphatic hydroxyl groups excluding tert-OH is 1. The molecule has 2 heterocycles. The third kappa shape index (κ3) is 5.22. The van der Waals surface area contributed by atoms with Gasteiger partial charge in [-0.1, -0.05) is 29.8 Å². The van der Waals surface area contributed by atoms with Gasteiger partial charge in [0.05, 0.1) is 23.1 Å². The van der Waals surface area contributed by atoms with Gasteiger partial charge >= 0.3 is 0 Å². The van der Waals surface area contributed by atoms with Gasteiger partial charge in [0.1, 0.15) is 0 Å². The van der Waals surface area contributed by atoms with E-state index in [9.17, 15) is 13.5 Å². The zero-order chi connectivity index (χ0) is 24.7. The molecule has 2 unspecified atom stereocenters. The zero-order valence-corrected chi connectivity index (χ0v) is 21.5. The second-order valence-electron chi connectivity index (χ2n) is 9.05. The molecule has 6 nitrogen and oxygen atoms in total. The molecule has 9 heteroatoms. The predicted octanol–water partition coefficient (Wildman–Crippen LogP) is 5.29. The van der Waals surface area contributed by atoms with Crippen molar-refractivity contribution in [1.29, 1.82) is 0 Å². The number of fused-ring (bicyclic) bond motifs is 1. The minimum Gasteiger partial charge on any atom is -0.399 e. The van der Waals surface area contributed by atoms with Crippen LogP contribution in [0, 0.1) is 0 Å². The third-order valence-electron chi connectivity index (χ3n) is 6.06. The normalized spacial score (nSPS) is 15.9. The summed E-state index contributed by atoms with van der Waals surface area (Å²) >= 11 is 8.05. The lowest BCUT2D eigenvalue weighted by Crippen LogP contribution is -2.31. The van der Waals surface area contributed by atoms with Crippen LogP contribution in [-0.4, -0.2) is 29.9 Å². The number of nitrogens with one attached hydrogen (secondary N) is 1. The summed E-state index contributed by atoms with van der Waals surface area (Å²) in [5, 5.41) is 10.9. The molecular formula is C26H26ClN3O3S2. The number of thiophene rings is 1. The van der Waals surface area contributed by atoms with Crippen molar-refractivity contribution in [2.45, 2.75) is 43.6 Å². The highest BCUT2D eigenvalue weighted by atomic mass is 35.5. The molecule has 4 N–H and O–H groups in total. The molecule has 0 radical (unpaired) electrons.